The topological polar surface area (TPSA) is 12.0 Å². The largest absolute Gasteiger partial charge is 0.379 e. The number of rotatable bonds is 1. The van der Waals surface area contributed by atoms with Gasteiger partial charge in [-0.15, -0.1) is 0 Å². The van der Waals surface area contributed by atoms with Crippen LogP contribution in [0.2, 0.25) is 0 Å². The molecule has 86 valence electrons. The Labute approximate surface area is 98.9 Å². The van der Waals surface area contributed by atoms with Crippen LogP contribution in [-0.4, -0.2) is 6.04 Å². The molecule has 1 aromatic rings. The quantitative estimate of drug-likeness (QED) is 0.747. The monoisotopic (exact) mass is 215 g/mol. The van der Waals surface area contributed by atoms with Crippen molar-refractivity contribution in [1.29, 1.82) is 0 Å². The standard InChI is InChI=1S/C13H15N.C2H6/c1-10-8-11(2)14-13(9-10)12-6-4-3-5-7-12;1-2/h3-9,11,14H,1-2H3;1-2H3. The van der Waals surface area contributed by atoms with Crippen LogP contribution in [-0.2, 0) is 0 Å². The van der Waals surface area contributed by atoms with Gasteiger partial charge in [-0.3, -0.25) is 0 Å². The van der Waals surface area contributed by atoms with E-state index in [0.717, 1.165) is 0 Å². The van der Waals surface area contributed by atoms with Crippen LogP contribution in [0.1, 0.15) is 33.3 Å². The van der Waals surface area contributed by atoms with Crippen molar-refractivity contribution in [3.8, 4) is 0 Å². The van der Waals surface area contributed by atoms with E-state index in [1.807, 2.05) is 19.9 Å². The molecule has 0 aliphatic carbocycles. The second kappa shape index (κ2) is 6.16. The lowest BCUT2D eigenvalue weighted by atomic mass is 10.0. The molecular formula is C15H21N. The van der Waals surface area contributed by atoms with Gasteiger partial charge in [0.05, 0.1) is 0 Å². The maximum atomic E-state index is 3.45. The summed E-state index contributed by atoms with van der Waals surface area (Å²) in [6.07, 6.45) is 4.42. The summed E-state index contributed by atoms with van der Waals surface area (Å²) in [6.45, 7) is 8.31. The van der Waals surface area contributed by atoms with Crippen LogP contribution in [0.25, 0.3) is 5.70 Å². The molecule has 0 bridgehead atoms. The lowest BCUT2D eigenvalue weighted by molar-refractivity contribution is 0.771. The molecule has 1 heterocycles. The first-order valence-corrected chi connectivity index (χ1v) is 5.98. The summed E-state index contributed by atoms with van der Waals surface area (Å²) in [6, 6.07) is 10.9. The zero-order chi connectivity index (χ0) is 12.0. The zero-order valence-electron chi connectivity index (χ0n) is 10.6. The first-order chi connectivity index (χ1) is 7.75. The fourth-order valence-electron chi connectivity index (χ4n) is 1.78. The predicted molar refractivity (Wildman–Crippen MR) is 72.1 cm³/mol. The van der Waals surface area contributed by atoms with Crippen LogP contribution in [0, 0.1) is 0 Å². The third kappa shape index (κ3) is 3.27. The Hall–Kier alpha value is -1.50. The molecule has 2 rings (SSSR count). The van der Waals surface area contributed by atoms with Crippen LogP contribution < -0.4 is 5.32 Å². The number of allylic oxidation sites excluding steroid dienone is 2. The van der Waals surface area contributed by atoms with Gasteiger partial charge in [0, 0.05) is 11.7 Å². The summed E-state index contributed by atoms with van der Waals surface area (Å²) < 4.78 is 0. The number of dihydropyridines is 1. The zero-order valence-corrected chi connectivity index (χ0v) is 10.6. The smallest absolute Gasteiger partial charge is 0.0421 e. The Kier molecular flexibility index (Phi) is 4.84. The van der Waals surface area contributed by atoms with E-state index in [-0.39, 0.29) is 0 Å². The molecule has 0 spiro atoms. The fraction of sp³-hybridized carbons (Fsp3) is 0.333. The second-order valence-electron chi connectivity index (χ2n) is 3.77. The lowest BCUT2D eigenvalue weighted by Crippen LogP contribution is -2.25. The van der Waals surface area contributed by atoms with Crippen LogP contribution in [0.4, 0.5) is 0 Å². The number of hydrogen-bond donors (Lipinski definition) is 1. The van der Waals surface area contributed by atoms with E-state index in [4.69, 9.17) is 0 Å². The van der Waals surface area contributed by atoms with Gasteiger partial charge in [0.15, 0.2) is 0 Å². The van der Waals surface area contributed by atoms with E-state index in [0.29, 0.717) is 6.04 Å². The summed E-state index contributed by atoms with van der Waals surface area (Å²) in [5, 5.41) is 3.45. The first kappa shape index (κ1) is 12.6. The van der Waals surface area contributed by atoms with Gasteiger partial charge in [-0.25, -0.2) is 0 Å². The van der Waals surface area contributed by atoms with Gasteiger partial charge in [0.2, 0.25) is 0 Å². The molecular weight excluding hydrogens is 194 g/mol. The first-order valence-electron chi connectivity index (χ1n) is 5.98. The minimum Gasteiger partial charge on any atom is -0.379 e. The highest BCUT2D eigenvalue weighted by molar-refractivity contribution is 5.68. The maximum Gasteiger partial charge on any atom is 0.0421 e. The molecule has 1 nitrogen and oxygen atoms in total. The minimum atomic E-state index is 0.426. The molecule has 0 fully saturated rings. The van der Waals surface area contributed by atoms with Crippen molar-refractivity contribution in [2.75, 3.05) is 0 Å². The molecule has 1 atom stereocenters. The fourth-order valence-corrected chi connectivity index (χ4v) is 1.78. The molecule has 1 unspecified atom stereocenters. The van der Waals surface area contributed by atoms with Crippen molar-refractivity contribution in [2.45, 2.75) is 33.7 Å². The second-order valence-corrected chi connectivity index (χ2v) is 3.77. The molecule has 0 saturated carbocycles. The summed E-state index contributed by atoms with van der Waals surface area (Å²) in [4.78, 5) is 0. The molecule has 0 aromatic heterocycles. The van der Waals surface area contributed by atoms with Gasteiger partial charge in [0.1, 0.15) is 0 Å². The Balaban J connectivity index is 0.000000606. The summed E-state index contributed by atoms with van der Waals surface area (Å²) in [5.74, 6) is 0. The maximum absolute atomic E-state index is 3.45. The average Bonchev–Trinajstić information content (AvgIpc) is 2.32. The van der Waals surface area contributed by atoms with Crippen LogP contribution in [0.3, 0.4) is 0 Å². The molecule has 1 aromatic carbocycles. The lowest BCUT2D eigenvalue weighted by Gasteiger charge is -2.20. The van der Waals surface area contributed by atoms with Crippen molar-refractivity contribution in [2.24, 2.45) is 0 Å². The molecule has 1 heteroatoms. The van der Waals surface area contributed by atoms with Gasteiger partial charge in [0.25, 0.3) is 0 Å². The highest BCUT2D eigenvalue weighted by Gasteiger charge is 2.08. The Morgan fingerprint density at radius 1 is 1.06 bits per heavy atom. The summed E-state index contributed by atoms with van der Waals surface area (Å²) in [7, 11) is 0. The number of benzene rings is 1. The third-order valence-corrected chi connectivity index (χ3v) is 2.35. The van der Waals surface area contributed by atoms with E-state index in [1.165, 1.54) is 16.8 Å². The van der Waals surface area contributed by atoms with E-state index in [9.17, 15) is 0 Å². The van der Waals surface area contributed by atoms with Crippen LogP contribution in [0.15, 0.2) is 48.1 Å². The number of hydrogen-bond acceptors (Lipinski definition) is 1. The Morgan fingerprint density at radius 2 is 1.69 bits per heavy atom. The average molecular weight is 215 g/mol. The van der Waals surface area contributed by atoms with Crippen molar-refractivity contribution in [3.05, 3.63) is 53.6 Å². The van der Waals surface area contributed by atoms with Gasteiger partial charge < -0.3 is 5.32 Å². The SMILES string of the molecule is CC.CC1=CC(C)NC(c2ccccc2)=C1. The molecule has 0 amide bonds. The van der Waals surface area contributed by atoms with Crippen molar-refractivity contribution in [1.82, 2.24) is 5.32 Å². The third-order valence-electron chi connectivity index (χ3n) is 2.35. The van der Waals surface area contributed by atoms with Crippen molar-refractivity contribution >= 4 is 5.70 Å². The minimum absolute atomic E-state index is 0.426. The summed E-state index contributed by atoms with van der Waals surface area (Å²) >= 11 is 0. The van der Waals surface area contributed by atoms with Gasteiger partial charge >= 0.3 is 0 Å². The predicted octanol–water partition coefficient (Wildman–Crippen LogP) is 3.99. The highest BCUT2D eigenvalue weighted by Crippen LogP contribution is 2.18. The van der Waals surface area contributed by atoms with Gasteiger partial charge in [-0.2, -0.15) is 0 Å². The van der Waals surface area contributed by atoms with Crippen LogP contribution in [0.5, 0.6) is 0 Å². The molecule has 16 heavy (non-hydrogen) atoms. The van der Waals surface area contributed by atoms with Crippen molar-refractivity contribution < 1.29 is 0 Å². The van der Waals surface area contributed by atoms with E-state index < -0.39 is 0 Å². The highest BCUT2D eigenvalue weighted by atomic mass is 14.9. The van der Waals surface area contributed by atoms with E-state index in [1.54, 1.807) is 0 Å². The molecule has 0 radical (unpaired) electrons. The van der Waals surface area contributed by atoms with Gasteiger partial charge in [-0.05, 0) is 25.5 Å². The normalized spacial score (nSPS) is 18.6. The Bertz CT molecular complexity index is 374. The molecule has 1 N–H and O–H groups in total. The summed E-state index contributed by atoms with van der Waals surface area (Å²) in [5.41, 5.74) is 3.81. The van der Waals surface area contributed by atoms with Gasteiger partial charge in [-0.1, -0.05) is 55.8 Å². The number of nitrogens with one attached hydrogen (secondary N) is 1. The molecule has 1 aliphatic heterocycles. The molecule has 1 aliphatic rings. The van der Waals surface area contributed by atoms with Crippen molar-refractivity contribution in [3.63, 3.8) is 0 Å². The van der Waals surface area contributed by atoms with E-state index in [2.05, 4.69) is 55.6 Å². The van der Waals surface area contributed by atoms with Crippen LogP contribution >= 0.6 is 0 Å². The Morgan fingerprint density at radius 3 is 2.25 bits per heavy atom. The van der Waals surface area contributed by atoms with E-state index >= 15 is 0 Å². The molecule has 0 saturated heterocycles.